The van der Waals surface area contributed by atoms with Crippen LogP contribution in [-0.4, -0.2) is 23.1 Å². The summed E-state index contributed by atoms with van der Waals surface area (Å²) in [7, 11) is 0. The first-order valence-electron chi connectivity index (χ1n) is 5.21. The fourth-order valence-electron chi connectivity index (χ4n) is 1.78. The fraction of sp³-hybridized carbons (Fsp3) is 0.800. The Labute approximate surface area is 83.9 Å². The van der Waals surface area contributed by atoms with Crippen molar-refractivity contribution in [2.24, 2.45) is 0 Å². The third-order valence-electron chi connectivity index (χ3n) is 2.50. The molecule has 0 atom stereocenters. The molecule has 4 heteroatoms. The number of carbonyl (C=O) groups is 1. The highest BCUT2D eigenvalue weighted by atomic mass is 16.5. The van der Waals surface area contributed by atoms with Gasteiger partial charge in [0.1, 0.15) is 6.10 Å². The molecule has 0 aromatic rings. The van der Waals surface area contributed by atoms with Gasteiger partial charge in [0.2, 0.25) is 0 Å². The molecule has 0 unspecified atom stereocenters. The van der Waals surface area contributed by atoms with Crippen LogP contribution in [-0.2, 0) is 9.53 Å². The summed E-state index contributed by atoms with van der Waals surface area (Å²) < 4.78 is 5.12. The van der Waals surface area contributed by atoms with E-state index in [1.165, 1.54) is 19.3 Å². The quantitative estimate of drug-likeness (QED) is 0.293. The fourth-order valence-corrected chi connectivity index (χ4v) is 1.78. The lowest BCUT2D eigenvalue weighted by Gasteiger charge is -2.18. The van der Waals surface area contributed by atoms with Gasteiger partial charge in [-0.05, 0) is 25.7 Å². The number of hydrogen-bond donors (Lipinski definition) is 0. The zero-order valence-electron chi connectivity index (χ0n) is 8.32. The molecule has 4 nitrogen and oxygen atoms in total. The minimum absolute atomic E-state index is 0.0146. The van der Waals surface area contributed by atoms with Crippen LogP contribution < -0.4 is 0 Å². The van der Waals surface area contributed by atoms with E-state index >= 15 is 0 Å². The molecule has 0 radical (unpaired) electrons. The Morgan fingerprint density at radius 2 is 1.79 bits per heavy atom. The lowest BCUT2D eigenvalue weighted by atomic mass is 9.99. The normalized spacial score (nSPS) is 18.9. The average molecular weight is 196 g/mol. The lowest BCUT2D eigenvalue weighted by molar-refractivity contribution is -0.144. The molecular weight excluding hydrogens is 180 g/mol. The molecule has 1 saturated carbocycles. The first kappa shape index (κ1) is 10.9. The first-order chi connectivity index (χ1) is 6.83. The van der Waals surface area contributed by atoms with Crippen molar-refractivity contribution >= 4 is 12.2 Å². The number of hydrogen-bond acceptors (Lipinski definition) is 2. The van der Waals surface area contributed by atoms with Gasteiger partial charge in [0.25, 0.3) is 0 Å². The minimum atomic E-state index is -0.543. The van der Waals surface area contributed by atoms with Crippen LogP contribution in [0.4, 0.5) is 0 Å². The van der Waals surface area contributed by atoms with Crippen LogP contribution in [0, 0.1) is 0 Å². The summed E-state index contributed by atoms with van der Waals surface area (Å²) >= 11 is 0. The van der Waals surface area contributed by atoms with E-state index in [1.807, 2.05) is 0 Å². The van der Waals surface area contributed by atoms with Crippen LogP contribution in [0.25, 0.3) is 5.53 Å². The van der Waals surface area contributed by atoms with Crippen molar-refractivity contribution in [1.29, 1.82) is 0 Å². The Hall–Kier alpha value is -1.15. The molecule has 78 valence electrons. The molecule has 0 aliphatic heterocycles. The van der Waals surface area contributed by atoms with E-state index in [0.29, 0.717) is 0 Å². The van der Waals surface area contributed by atoms with Crippen LogP contribution in [0.1, 0.15) is 44.9 Å². The van der Waals surface area contributed by atoms with Crippen molar-refractivity contribution in [3.8, 4) is 0 Å². The van der Waals surface area contributed by atoms with Gasteiger partial charge in [0.05, 0.1) is 0 Å². The maximum absolute atomic E-state index is 11.0. The molecule has 14 heavy (non-hydrogen) atoms. The Balaban J connectivity index is 2.33. The van der Waals surface area contributed by atoms with Gasteiger partial charge in [0.15, 0.2) is 0 Å². The molecule has 0 aromatic heterocycles. The molecule has 1 rings (SSSR count). The van der Waals surface area contributed by atoms with Crippen LogP contribution in [0.5, 0.6) is 0 Å². The van der Waals surface area contributed by atoms with Crippen LogP contribution in [0.15, 0.2) is 0 Å². The maximum Gasteiger partial charge on any atom is 0.413 e. The van der Waals surface area contributed by atoms with E-state index < -0.39 is 5.97 Å². The molecule has 0 amide bonds. The van der Waals surface area contributed by atoms with Crippen molar-refractivity contribution in [3.05, 3.63) is 5.53 Å². The zero-order chi connectivity index (χ0) is 10.2. The molecule has 0 bridgehead atoms. The minimum Gasteiger partial charge on any atom is -0.454 e. The van der Waals surface area contributed by atoms with Crippen molar-refractivity contribution in [2.45, 2.75) is 51.0 Å². The number of nitrogens with zero attached hydrogens (tertiary/aromatic N) is 2. The largest absolute Gasteiger partial charge is 0.454 e. The van der Waals surface area contributed by atoms with Gasteiger partial charge in [-0.15, -0.1) is 0 Å². The molecule has 1 aliphatic rings. The molecule has 0 N–H and O–H groups in total. The van der Waals surface area contributed by atoms with Gasteiger partial charge in [-0.25, -0.2) is 4.79 Å². The van der Waals surface area contributed by atoms with Gasteiger partial charge in [-0.2, -0.15) is 4.79 Å². The maximum atomic E-state index is 11.0. The van der Waals surface area contributed by atoms with E-state index in [4.69, 9.17) is 10.3 Å². The standard InChI is InChI=1S/C10H16N2O2/c11-12-8-10(13)14-9-6-4-2-1-3-5-7-9/h8-9H,1-7H2. The van der Waals surface area contributed by atoms with Crippen LogP contribution >= 0.6 is 0 Å². The predicted octanol–water partition coefficient (Wildman–Crippen LogP) is 1.94. The topological polar surface area (TPSA) is 62.7 Å². The molecule has 0 heterocycles. The summed E-state index contributed by atoms with van der Waals surface area (Å²) in [6.07, 6.45) is 8.67. The zero-order valence-corrected chi connectivity index (χ0v) is 8.32. The number of ether oxygens (including phenoxy) is 1. The summed E-state index contributed by atoms with van der Waals surface area (Å²) in [5, 5.41) is 0. The highest BCUT2D eigenvalue weighted by Crippen LogP contribution is 2.19. The van der Waals surface area contributed by atoms with Gasteiger partial charge in [0, 0.05) is 0 Å². The number of rotatable bonds is 2. The second kappa shape index (κ2) is 6.33. The molecule has 0 aromatic carbocycles. The SMILES string of the molecule is [N-]=[N+]=CC(=O)OC1CCCCCCC1. The van der Waals surface area contributed by atoms with Crippen LogP contribution in [0.3, 0.4) is 0 Å². The molecular formula is C10H16N2O2. The van der Waals surface area contributed by atoms with E-state index in [2.05, 4.69) is 4.79 Å². The molecule has 0 saturated heterocycles. The summed E-state index contributed by atoms with van der Waals surface area (Å²) in [5.41, 5.74) is 8.14. The third kappa shape index (κ3) is 4.19. The second-order valence-corrected chi connectivity index (χ2v) is 3.65. The monoisotopic (exact) mass is 196 g/mol. The number of carbonyl (C=O) groups excluding carboxylic acids is 1. The average Bonchev–Trinajstić information content (AvgIpc) is 2.10. The highest BCUT2D eigenvalue weighted by molar-refractivity contribution is 6.20. The Morgan fingerprint density at radius 1 is 1.21 bits per heavy atom. The summed E-state index contributed by atoms with van der Waals surface area (Å²) in [5.74, 6) is -0.543. The van der Waals surface area contributed by atoms with E-state index in [0.717, 1.165) is 31.9 Å². The molecule has 0 spiro atoms. The third-order valence-corrected chi connectivity index (χ3v) is 2.50. The predicted molar refractivity (Wildman–Crippen MR) is 51.9 cm³/mol. The Kier molecular flexibility index (Phi) is 4.94. The molecule has 1 fully saturated rings. The lowest BCUT2D eigenvalue weighted by Crippen LogP contribution is -2.20. The van der Waals surface area contributed by atoms with E-state index in [-0.39, 0.29) is 6.10 Å². The van der Waals surface area contributed by atoms with E-state index in [1.54, 1.807) is 0 Å². The van der Waals surface area contributed by atoms with Crippen molar-refractivity contribution in [3.63, 3.8) is 0 Å². The summed E-state index contributed by atoms with van der Waals surface area (Å²) in [4.78, 5) is 13.6. The van der Waals surface area contributed by atoms with Gasteiger partial charge in [-0.3, -0.25) is 0 Å². The van der Waals surface area contributed by atoms with Crippen LogP contribution in [0.2, 0.25) is 0 Å². The first-order valence-corrected chi connectivity index (χ1v) is 5.21. The smallest absolute Gasteiger partial charge is 0.413 e. The Morgan fingerprint density at radius 3 is 2.36 bits per heavy atom. The highest BCUT2D eigenvalue weighted by Gasteiger charge is 2.16. The van der Waals surface area contributed by atoms with E-state index in [9.17, 15) is 4.79 Å². The second-order valence-electron chi connectivity index (χ2n) is 3.65. The van der Waals surface area contributed by atoms with Gasteiger partial charge in [-0.1, -0.05) is 19.3 Å². The van der Waals surface area contributed by atoms with Gasteiger partial charge >= 0.3 is 12.2 Å². The molecule has 1 aliphatic carbocycles. The summed E-state index contributed by atoms with van der Waals surface area (Å²) in [6, 6.07) is 0. The summed E-state index contributed by atoms with van der Waals surface area (Å²) in [6.45, 7) is 0. The van der Waals surface area contributed by atoms with Gasteiger partial charge < -0.3 is 10.3 Å². The van der Waals surface area contributed by atoms with Crippen molar-refractivity contribution in [2.75, 3.05) is 0 Å². The number of esters is 1. The Bertz CT molecular complexity index is 226. The van der Waals surface area contributed by atoms with Crippen molar-refractivity contribution in [1.82, 2.24) is 0 Å². The van der Waals surface area contributed by atoms with Crippen molar-refractivity contribution < 1.29 is 14.3 Å².